The zero-order valence-electron chi connectivity index (χ0n) is 9.38. The van der Waals surface area contributed by atoms with Gasteiger partial charge in [0.15, 0.2) is 0 Å². The molecule has 0 aromatic carbocycles. The predicted octanol–water partition coefficient (Wildman–Crippen LogP) is 3.13. The van der Waals surface area contributed by atoms with Crippen molar-refractivity contribution in [1.82, 2.24) is 0 Å². The maximum absolute atomic E-state index is 6.11. The predicted molar refractivity (Wildman–Crippen MR) is 60.5 cm³/mol. The fourth-order valence-corrected chi connectivity index (χ4v) is 1.74. The molecule has 1 nitrogen and oxygen atoms in total. The molecule has 0 amide bonds. The van der Waals surface area contributed by atoms with Gasteiger partial charge in [-0.2, -0.15) is 0 Å². The van der Waals surface area contributed by atoms with E-state index in [-0.39, 0.29) is 6.04 Å². The second-order valence-corrected chi connectivity index (χ2v) is 3.92. The molecule has 76 valence electrons. The molecule has 0 aliphatic heterocycles. The summed E-state index contributed by atoms with van der Waals surface area (Å²) >= 11 is 0. The zero-order valence-corrected chi connectivity index (χ0v) is 9.38. The minimum Gasteiger partial charge on any atom is -0.324 e. The maximum Gasteiger partial charge on any atom is 0.0319 e. The van der Waals surface area contributed by atoms with Gasteiger partial charge in [-0.1, -0.05) is 45.9 Å². The smallest absolute Gasteiger partial charge is 0.0319 e. The Morgan fingerprint density at radius 1 is 1.46 bits per heavy atom. The molecule has 0 saturated carbocycles. The van der Waals surface area contributed by atoms with Crippen molar-refractivity contribution in [3.8, 4) is 0 Å². The molecule has 0 bridgehead atoms. The van der Waals surface area contributed by atoms with Crippen molar-refractivity contribution < 1.29 is 0 Å². The molecule has 0 fully saturated rings. The van der Waals surface area contributed by atoms with E-state index in [2.05, 4.69) is 27.4 Å². The van der Waals surface area contributed by atoms with Crippen molar-refractivity contribution >= 4 is 0 Å². The van der Waals surface area contributed by atoms with Gasteiger partial charge in [-0.05, 0) is 24.3 Å². The number of nitrogens with two attached hydrogens (primary N) is 1. The molecule has 2 atom stereocenters. The highest BCUT2D eigenvalue weighted by molar-refractivity contribution is 5.21. The van der Waals surface area contributed by atoms with E-state index in [1.807, 2.05) is 19.1 Å². The third-order valence-electron chi connectivity index (χ3n) is 2.60. The van der Waals surface area contributed by atoms with Gasteiger partial charge in [-0.25, -0.2) is 0 Å². The molecule has 0 spiro atoms. The molecule has 0 aromatic rings. The number of hydrogen-bond donors (Lipinski definition) is 1. The third kappa shape index (κ3) is 3.77. The molecule has 0 aromatic heterocycles. The molecule has 0 rings (SSSR count). The lowest BCUT2D eigenvalue weighted by atomic mass is 9.83. The summed E-state index contributed by atoms with van der Waals surface area (Å²) in [5, 5.41) is 0. The fourth-order valence-electron chi connectivity index (χ4n) is 1.74. The minimum absolute atomic E-state index is 0.112. The van der Waals surface area contributed by atoms with E-state index in [9.17, 15) is 0 Å². The van der Waals surface area contributed by atoms with Gasteiger partial charge in [0.05, 0.1) is 0 Å². The van der Waals surface area contributed by atoms with E-state index in [0.717, 1.165) is 12.0 Å². The first-order chi connectivity index (χ1) is 6.04. The van der Waals surface area contributed by atoms with Gasteiger partial charge >= 0.3 is 0 Å². The van der Waals surface area contributed by atoms with E-state index in [1.54, 1.807) is 0 Å². The van der Waals surface area contributed by atoms with E-state index < -0.39 is 0 Å². The first-order valence-electron chi connectivity index (χ1n) is 5.11. The highest BCUT2D eigenvalue weighted by atomic mass is 14.7. The largest absolute Gasteiger partial charge is 0.324 e. The Bertz CT molecular complexity index is 180. The van der Waals surface area contributed by atoms with Crippen LogP contribution in [0.4, 0.5) is 0 Å². The minimum atomic E-state index is 0.112. The average Bonchev–Trinajstić information content (AvgIpc) is 2.05. The lowest BCUT2D eigenvalue weighted by molar-refractivity contribution is 0.335. The van der Waals surface area contributed by atoms with E-state index >= 15 is 0 Å². The second-order valence-electron chi connectivity index (χ2n) is 3.92. The lowest BCUT2D eigenvalue weighted by Crippen LogP contribution is -2.34. The Labute approximate surface area is 82.7 Å². The summed E-state index contributed by atoms with van der Waals surface area (Å²) in [6.45, 7) is 12.6. The molecule has 0 aliphatic carbocycles. The van der Waals surface area contributed by atoms with Gasteiger partial charge in [0.2, 0.25) is 0 Å². The maximum atomic E-state index is 6.11. The van der Waals surface area contributed by atoms with Crippen LogP contribution in [0, 0.1) is 11.8 Å². The molecule has 2 unspecified atom stereocenters. The topological polar surface area (TPSA) is 26.0 Å². The monoisotopic (exact) mass is 181 g/mol. The van der Waals surface area contributed by atoms with Gasteiger partial charge in [-0.3, -0.25) is 0 Å². The van der Waals surface area contributed by atoms with Crippen LogP contribution >= 0.6 is 0 Å². The van der Waals surface area contributed by atoms with Crippen molar-refractivity contribution in [1.29, 1.82) is 0 Å². The molecule has 0 heterocycles. The van der Waals surface area contributed by atoms with Crippen LogP contribution in [0.1, 0.15) is 34.1 Å². The van der Waals surface area contributed by atoms with Crippen LogP contribution in [0.15, 0.2) is 24.3 Å². The van der Waals surface area contributed by atoms with Crippen LogP contribution < -0.4 is 5.73 Å². The molecule has 0 saturated heterocycles. The van der Waals surface area contributed by atoms with Crippen LogP contribution in [0.25, 0.3) is 0 Å². The first kappa shape index (κ1) is 12.4. The molecule has 0 aliphatic rings. The lowest BCUT2D eigenvalue weighted by Gasteiger charge is -2.26. The Morgan fingerprint density at radius 3 is 2.31 bits per heavy atom. The number of hydrogen-bond acceptors (Lipinski definition) is 1. The van der Waals surface area contributed by atoms with Gasteiger partial charge in [-0.15, -0.1) is 0 Å². The molecular formula is C12H23N. The number of rotatable bonds is 5. The Kier molecular flexibility index (Phi) is 5.72. The summed E-state index contributed by atoms with van der Waals surface area (Å²) in [7, 11) is 0. The second kappa shape index (κ2) is 5.98. The summed E-state index contributed by atoms with van der Waals surface area (Å²) in [4.78, 5) is 0. The fraction of sp³-hybridized carbons (Fsp3) is 0.667. The van der Waals surface area contributed by atoms with Gasteiger partial charge in [0.25, 0.3) is 0 Å². The Balaban J connectivity index is 4.36. The zero-order chi connectivity index (χ0) is 10.4. The molecular weight excluding hydrogens is 158 g/mol. The van der Waals surface area contributed by atoms with Crippen molar-refractivity contribution in [2.45, 2.75) is 40.2 Å². The highest BCUT2D eigenvalue weighted by Crippen LogP contribution is 2.22. The van der Waals surface area contributed by atoms with Crippen LogP contribution in [0.2, 0.25) is 0 Å². The SMILES string of the molecule is C=C(/C=C\C)C(N)C(CC)C(C)C. The van der Waals surface area contributed by atoms with E-state index in [0.29, 0.717) is 11.8 Å². The summed E-state index contributed by atoms with van der Waals surface area (Å²) in [5.41, 5.74) is 7.15. The summed E-state index contributed by atoms with van der Waals surface area (Å²) in [5.74, 6) is 1.17. The normalized spacial score (nSPS) is 16.5. The molecule has 0 radical (unpaired) electrons. The summed E-state index contributed by atoms with van der Waals surface area (Å²) in [6, 6.07) is 0.112. The highest BCUT2D eigenvalue weighted by Gasteiger charge is 2.20. The quantitative estimate of drug-likeness (QED) is 0.648. The Morgan fingerprint density at radius 2 is 2.00 bits per heavy atom. The van der Waals surface area contributed by atoms with Crippen molar-refractivity contribution in [2.75, 3.05) is 0 Å². The van der Waals surface area contributed by atoms with E-state index in [1.165, 1.54) is 0 Å². The van der Waals surface area contributed by atoms with Crippen LogP contribution in [0.5, 0.6) is 0 Å². The van der Waals surface area contributed by atoms with E-state index in [4.69, 9.17) is 5.73 Å². The molecule has 1 heteroatoms. The Hall–Kier alpha value is -0.560. The summed E-state index contributed by atoms with van der Waals surface area (Å²) in [6.07, 6.45) is 5.13. The van der Waals surface area contributed by atoms with Crippen molar-refractivity contribution in [3.63, 3.8) is 0 Å². The van der Waals surface area contributed by atoms with Crippen molar-refractivity contribution in [2.24, 2.45) is 17.6 Å². The standard InChI is InChI=1S/C12H23N/c1-6-8-10(5)12(13)11(7-2)9(3)4/h6,8-9,11-12H,5,7,13H2,1-4H3/b8-6-. The van der Waals surface area contributed by atoms with Gasteiger partial charge in [0.1, 0.15) is 0 Å². The van der Waals surface area contributed by atoms with Gasteiger partial charge < -0.3 is 5.73 Å². The average molecular weight is 181 g/mol. The third-order valence-corrected chi connectivity index (χ3v) is 2.60. The van der Waals surface area contributed by atoms with Crippen molar-refractivity contribution in [3.05, 3.63) is 24.3 Å². The first-order valence-corrected chi connectivity index (χ1v) is 5.11. The number of allylic oxidation sites excluding steroid dienone is 1. The van der Waals surface area contributed by atoms with Crippen LogP contribution in [-0.2, 0) is 0 Å². The molecule has 13 heavy (non-hydrogen) atoms. The van der Waals surface area contributed by atoms with Crippen LogP contribution in [-0.4, -0.2) is 6.04 Å². The van der Waals surface area contributed by atoms with Crippen LogP contribution in [0.3, 0.4) is 0 Å². The molecule has 2 N–H and O–H groups in total. The summed E-state index contributed by atoms with van der Waals surface area (Å²) < 4.78 is 0. The van der Waals surface area contributed by atoms with Gasteiger partial charge in [0, 0.05) is 6.04 Å².